The molecule has 0 spiro atoms. The molecule has 2 aliphatic heterocycles. The maximum atomic E-state index is 12.1. The molecule has 24 heavy (non-hydrogen) atoms. The van der Waals surface area contributed by atoms with Gasteiger partial charge in [0.05, 0.1) is 11.4 Å². The highest BCUT2D eigenvalue weighted by Crippen LogP contribution is 2.35. The second-order valence-electron chi connectivity index (χ2n) is 4.84. The number of thioether (sulfide) groups is 1. The Kier molecular flexibility index (Phi) is 3.81. The largest absolute Gasteiger partial charge is 0.379 e. The number of carbonyl (C=O) groups is 1. The number of nitrogens with zero attached hydrogens (tertiary/aromatic N) is 4. The second-order valence-corrected chi connectivity index (χ2v) is 5.79. The van der Waals surface area contributed by atoms with Crippen LogP contribution in [0.2, 0.25) is 0 Å². The Balaban J connectivity index is 1.65. The Labute approximate surface area is 141 Å². The van der Waals surface area contributed by atoms with E-state index in [1.54, 1.807) is 0 Å². The van der Waals surface area contributed by atoms with Crippen molar-refractivity contribution in [3.63, 3.8) is 0 Å². The molecule has 2 aromatic carbocycles. The average molecular weight is 337 g/mol. The van der Waals surface area contributed by atoms with Crippen molar-refractivity contribution >= 4 is 34.3 Å². The molecular formula is C16H11N5O2S. The lowest BCUT2D eigenvalue weighted by atomic mass is 10.3. The highest BCUT2D eigenvalue weighted by atomic mass is 32.2. The summed E-state index contributed by atoms with van der Waals surface area (Å²) in [5.74, 6) is -0.513. The fourth-order valence-corrected chi connectivity index (χ4v) is 2.94. The average Bonchev–Trinajstić information content (AvgIpc) is 3.23. The third kappa shape index (κ3) is 2.80. The van der Waals surface area contributed by atoms with Crippen LogP contribution in [0.1, 0.15) is 0 Å². The number of benzene rings is 2. The number of hydrogen-bond acceptors (Lipinski definition) is 7. The lowest BCUT2D eigenvalue weighted by Crippen LogP contribution is -2.28. The van der Waals surface area contributed by atoms with Crippen LogP contribution in [0.15, 0.2) is 86.6 Å². The molecule has 0 radical (unpaired) electrons. The molecule has 8 heteroatoms. The van der Waals surface area contributed by atoms with Crippen molar-refractivity contribution in [1.82, 2.24) is 5.59 Å². The van der Waals surface area contributed by atoms with Crippen LogP contribution in [0.25, 0.3) is 0 Å². The Bertz CT molecular complexity index is 865. The number of hydrogen-bond donors (Lipinski definition) is 1. The minimum atomic E-state index is -0.513. The predicted molar refractivity (Wildman–Crippen MR) is 91.2 cm³/mol. The minimum Gasteiger partial charge on any atom is -0.345 e. The van der Waals surface area contributed by atoms with E-state index in [4.69, 9.17) is 4.84 Å². The summed E-state index contributed by atoms with van der Waals surface area (Å²) in [6, 6.07) is 18.8. The van der Waals surface area contributed by atoms with Crippen LogP contribution in [0.5, 0.6) is 0 Å². The highest BCUT2D eigenvalue weighted by molar-refractivity contribution is 8.17. The normalized spacial score (nSPS) is 21.6. The molecule has 2 aromatic rings. The summed E-state index contributed by atoms with van der Waals surface area (Å²) in [6.07, 6.45) is 0. The van der Waals surface area contributed by atoms with E-state index in [1.165, 1.54) is 16.8 Å². The van der Waals surface area contributed by atoms with E-state index in [-0.39, 0.29) is 5.70 Å². The molecule has 2 heterocycles. The van der Waals surface area contributed by atoms with Crippen molar-refractivity contribution < 1.29 is 9.63 Å². The quantitative estimate of drug-likeness (QED) is 0.848. The molecule has 0 atom stereocenters. The summed E-state index contributed by atoms with van der Waals surface area (Å²) < 4.78 is 0. The van der Waals surface area contributed by atoms with Crippen LogP contribution < -0.4 is 10.6 Å². The van der Waals surface area contributed by atoms with Crippen molar-refractivity contribution in [1.29, 1.82) is 0 Å². The first kappa shape index (κ1) is 14.6. The van der Waals surface area contributed by atoms with E-state index in [1.807, 2.05) is 60.7 Å². The van der Waals surface area contributed by atoms with Gasteiger partial charge in [-0.2, -0.15) is 0 Å². The zero-order chi connectivity index (χ0) is 16.4. The monoisotopic (exact) mass is 337 g/mol. The van der Waals surface area contributed by atoms with Gasteiger partial charge in [0.25, 0.3) is 0 Å². The van der Waals surface area contributed by atoms with Crippen LogP contribution in [-0.2, 0) is 9.63 Å². The maximum Gasteiger partial charge on any atom is 0.379 e. The fourth-order valence-electron chi connectivity index (χ4n) is 2.18. The van der Waals surface area contributed by atoms with Crippen LogP contribution >= 0.6 is 11.8 Å². The van der Waals surface area contributed by atoms with E-state index in [0.717, 1.165) is 11.4 Å². The van der Waals surface area contributed by atoms with Crippen LogP contribution in [-0.4, -0.2) is 11.1 Å². The summed E-state index contributed by atoms with van der Waals surface area (Å²) in [5.41, 5.74) is 4.41. The highest BCUT2D eigenvalue weighted by Gasteiger charge is 2.35. The van der Waals surface area contributed by atoms with Gasteiger partial charge < -0.3 is 4.84 Å². The summed E-state index contributed by atoms with van der Waals surface area (Å²) in [6.45, 7) is 0. The lowest BCUT2D eigenvalue weighted by molar-refractivity contribution is -0.140. The Morgan fingerprint density at radius 3 is 2.46 bits per heavy atom. The minimum absolute atomic E-state index is 0.285. The zero-order valence-electron chi connectivity index (χ0n) is 12.3. The Hall–Kier alpha value is -2.97. The van der Waals surface area contributed by atoms with Crippen LogP contribution in [0.4, 0.5) is 11.4 Å². The van der Waals surface area contributed by atoms with E-state index >= 15 is 0 Å². The number of rotatable bonds is 2. The molecule has 0 unspecified atom stereocenters. The molecule has 0 amide bonds. The van der Waals surface area contributed by atoms with Gasteiger partial charge in [-0.15, -0.1) is 10.2 Å². The van der Waals surface area contributed by atoms with Gasteiger partial charge in [-0.05, 0) is 36.0 Å². The van der Waals surface area contributed by atoms with Crippen molar-refractivity contribution in [3.05, 3.63) is 71.4 Å². The number of para-hydroxylation sites is 2. The maximum absolute atomic E-state index is 12.1. The summed E-state index contributed by atoms with van der Waals surface area (Å²) in [4.78, 5) is 21.4. The first-order valence-electron chi connectivity index (χ1n) is 7.11. The molecule has 0 aromatic heterocycles. The van der Waals surface area contributed by atoms with E-state index in [2.05, 4.69) is 20.8 Å². The van der Waals surface area contributed by atoms with Gasteiger partial charge >= 0.3 is 5.97 Å². The van der Waals surface area contributed by atoms with Crippen molar-refractivity contribution in [2.24, 2.45) is 15.2 Å². The van der Waals surface area contributed by atoms with Crippen LogP contribution in [0, 0.1) is 0 Å². The van der Waals surface area contributed by atoms with E-state index in [9.17, 15) is 4.79 Å². The van der Waals surface area contributed by atoms with Gasteiger partial charge in [-0.3, -0.25) is 0 Å². The molecule has 1 saturated heterocycles. The summed E-state index contributed by atoms with van der Waals surface area (Å²) in [5, 5.41) is 10.6. The van der Waals surface area contributed by atoms with Crippen molar-refractivity contribution in [2.75, 3.05) is 5.01 Å². The first-order chi connectivity index (χ1) is 11.8. The Morgan fingerprint density at radius 2 is 1.71 bits per heavy atom. The summed E-state index contributed by atoms with van der Waals surface area (Å²) >= 11 is 1.22. The number of amidine groups is 1. The molecule has 2 aliphatic rings. The topological polar surface area (TPSA) is 78.6 Å². The molecule has 0 bridgehead atoms. The Morgan fingerprint density at radius 1 is 1.00 bits per heavy atom. The van der Waals surface area contributed by atoms with Gasteiger partial charge in [-0.25, -0.2) is 14.8 Å². The van der Waals surface area contributed by atoms with E-state index < -0.39 is 5.97 Å². The molecule has 1 fully saturated rings. The molecule has 0 aliphatic carbocycles. The number of hydrazine groups is 1. The summed E-state index contributed by atoms with van der Waals surface area (Å²) in [7, 11) is 0. The van der Waals surface area contributed by atoms with Gasteiger partial charge in [0.15, 0.2) is 10.7 Å². The van der Waals surface area contributed by atoms with Crippen LogP contribution in [0.3, 0.4) is 0 Å². The zero-order valence-corrected chi connectivity index (χ0v) is 13.1. The molecule has 118 valence electrons. The number of nitrogens with one attached hydrogen (secondary N) is 1. The second kappa shape index (κ2) is 6.26. The molecule has 7 nitrogen and oxygen atoms in total. The third-order valence-electron chi connectivity index (χ3n) is 3.26. The standard InChI is InChI=1S/C16H11N5O2S/c22-15-13(21(20-23-15)12-9-5-2-6-10-12)14-18-19-16(24-14)17-11-7-3-1-4-8-11/h1-10,20H. The first-order valence-corrected chi connectivity index (χ1v) is 7.92. The predicted octanol–water partition coefficient (Wildman–Crippen LogP) is 3.53. The SMILES string of the molecule is O=C1ONN(c2ccccc2)C1=C1N=NC(=Nc2ccccc2)S1. The van der Waals surface area contributed by atoms with Crippen molar-refractivity contribution in [3.8, 4) is 0 Å². The molecular weight excluding hydrogens is 326 g/mol. The van der Waals surface area contributed by atoms with Gasteiger partial charge in [-0.1, -0.05) is 42.0 Å². The number of azo groups is 1. The van der Waals surface area contributed by atoms with Gasteiger partial charge in [0, 0.05) is 0 Å². The van der Waals surface area contributed by atoms with E-state index in [0.29, 0.717) is 10.2 Å². The fraction of sp³-hybridized carbons (Fsp3) is 0. The van der Waals surface area contributed by atoms with Gasteiger partial charge in [0.1, 0.15) is 0 Å². The van der Waals surface area contributed by atoms with Gasteiger partial charge in [0.2, 0.25) is 5.17 Å². The smallest absolute Gasteiger partial charge is 0.345 e. The lowest BCUT2D eigenvalue weighted by Gasteiger charge is -2.15. The molecule has 0 saturated carbocycles. The molecule has 4 rings (SSSR count). The third-order valence-corrected chi connectivity index (χ3v) is 4.08. The number of aliphatic imine (C=N–C) groups is 1. The number of carbonyl (C=O) groups excluding carboxylic acids is 1. The molecule has 1 N–H and O–H groups in total. The van der Waals surface area contributed by atoms with Crippen molar-refractivity contribution in [2.45, 2.75) is 0 Å². The number of anilines is 1.